The molecule has 1 aromatic carbocycles. The van der Waals surface area contributed by atoms with Crippen molar-refractivity contribution in [1.29, 1.82) is 0 Å². The summed E-state index contributed by atoms with van der Waals surface area (Å²) in [5.41, 5.74) is 8.23. The van der Waals surface area contributed by atoms with Crippen molar-refractivity contribution in [1.82, 2.24) is 5.32 Å². The fourth-order valence-electron chi connectivity index (χ4n) is 1.74. The molecule has 0 bridgehead atoms. The van der Waals surface area contributed by atoms with Crippen molar-refractivity contribution in [3.63, 3.8) is 0 Å². The standard InChI is InChI=1S/C11H14N2O2/c1-7-6-8(12)2-3-9(7)10-11(14)13-4-5-15-10/h2-3,6,10H,4-5,12H2,1H3,(H,13,14). The van der Waals surface area contributed by atoms with Crippen molar-refractivity contribution in [2.45, 2.75) is 13.0 Å². The van der Waals surface area contributed by atoms with Crippen LogP contribution in [0.3, 0.4) is 0 Å². The van der Waals surface area contributed by atoms with E-state index >= 15 is 0 Å². The summed E-state index contributed by atoms with van der Waals surface area (Å²) < 4.78 is 5.44. The number of amides is 1. The number of rotatable bonds is 1. The third-order valence-corrected chi connectivity index (χ3v) is 2.50. The van der Waals surface area contributed by atoms with Crippen molar-refractivity contribution in [2.75, 3.05) is 18.9 Å². The fraction of sp³-hybridized carbons (Fsp3) is 0.364. The second-order valence-corrected chi connectivity index (χ2v) is 3.66. The lowest BCUT2D eigenvalue weighted by Gasteiger charge is -2.24. The van der Waals surface area contributed by atoms with Crippen LogP contribution in [0.1, 0.15) is 17.2 Å². The Labute approximate surface area is 88.4 Å². The van der Waals surface area contributed by atoms with Gasteiger partial charge in [-0.2, -0.15) is 0 Å². The van der Waals surface area contributed by atoms with Gasteiger partial charge in [0.25, 0.3) is 5.91 Å². The molecule has 1 amide bonds. The first-order valence-electron chi connectivity index (χ1n) is 4.94. The molecule has 1 unspecified atom stereocenters. The van der Waals surface area contributed by atoms with Crippen LogP contribution in [0.15, 0.2) is 18.2 Å². The zero-order valence-electron chi connectivity index (χ0n) is 8.62. The number of benzene rings is 1. The molecule has 1 aliphatic rings. The Balaban J connectivity index is 2.31. The topological polar surface area (TPSA) is 64.3 Å². The Bertz CT molecular complexity index is 390. The number of morpholine rings is 1. The quantitative estimate of drug-likeness (QED) is 0.667. The zero-order valence-corrected chi connectivity index (χ0v) is 8.62. The number of nitrogens with two attached hydrogens (primary N) is 1. The number of nitrogens with one attached hydrogen (secondary N) is 1. The predicted molar refractivity (Wildman–Crippen MR) is 57.3 cm³/mol. The molecule has 3 N–H and O–H groups in total. The van der Waals surface area contributed by atoms with Crippen molar-refractivity contribution < 1.29 is 9.53 Å². The molecule has 4 nitrogen and oxygen atoms in total. The molecule has 1 atom stereocenters. The number of hydrogen-bond donors (Lipinski definition) is 2. The third kappa shape index (κ3) is 1.94. The van der Waals surface area contributed by atoms with E-state index in [1.54, 1.807) is 6.07 Å². The number of carbonyl (C=O) groups excluding carboxylic acids is 1. The van der Waals surface area contributed by atoms with Gasteiger partial charge >= 0.3 is 0 Å². The van der Waals surface area contributed by atoms with Gasteiger partial charge in [0.05, 0.1) is 6.61 Å². The lowest BCUT2D eigenvalue weighted by molar-refractivity contribution is -0.138. The van der Waals surface area contributed by atoms with Gasteiger partial charge in [-0.3, -0.25) is 4.79 Å². The Morgan fingerprint density at radius 1 is 1.53 bits per heavy atom. The number of aryl methyl sites for hydroxylation is 1. The molecule has 1 aromatic rings. The van der Waals surface area contributed by atoms with Gasteiger partial charge < -0.3 is 15.8 Å². The first-order chi connectivity index (χ1) is 7.18. The average Bonchev–Trinajstić information content (AvgIpc) is 2.20. The van der Waals surface area contributed by atoms with Crippen LogP contribution in [-0.4, -0.2) is 19.1 Å². The van der Waals surface area contributed by atoms with Crippen molar-refractivity contribution in [3.8, 4) is 0 Å². The fourth-order valence-corrected chi connectivity index (χ4v) is 1.74. The number of nitrogen functional groups attached to an aromatic ring is 1. The van der Waals surface area contributed by atoms with Gasteiger partial charge in [-0.25, -0.2) is 0 Å². The third-order valence-electron chi connectivity index (χ3n) is 2.50. The van der Waals surface area contributed by atoms with Crippen LogP contribution in [0, 0.1) is 6.92 Å². The van der Waals surface area contributed by atoms with Crippen LogP contribution in [0.5, 0.6) is 0 Å². The molecule has 2 rings (SSSR count). The molecule has 1 saturated heterocycles. The summed E-state index contributed by atoms with van der Waals surface area (Å²) in [4.78, 5) is 11.6. The van der Waals surface area contributed by atoms with E-state index in [9.17, 15) is 4.79 Å². The molecular weight excluding hydrogens is 192 g/mol. The first-order valence-corrected chi connectivity index (χ1v) is 4.94. The Kier molecular flexibility index (Phi) is 2.60. The molecular formula is C11H14N2O2. The summed E-state index contributed by atoms with van der Waals surface area (Å²) in [6, 6.07) is 5.48. The lowest BCUT2D eigenvalue weighted by Crippen LogP contribution is -2.39. The normalized spacial score (nSPS) is 21.1. The predicted octanol–water partition coefficient (Wildman–Crippen LogP) is 0.765. The largest absolute Gasteiger partial charge is 0.399 e. The van der Waals surface area contributed by atoms with E-state index < -0.39 is 6.10 Å². The Morgan fingerprint density at radius 2 is 2.33 bits per heavy atom. The summed E-state index contributed by atoms with van der Waals surface area (Å²) in [5, 5.41) is 2.78. The van der Waals surface area contributed by atoms with Gasteiger partial charge in [0.15, 0.2) is 6.10 Å². The second kappa shape index (κ2) is 3.90. The van der Waals surface area contributed by atoms with Crippen LogP contribution in [0.2, 0.25) is 0 Å². The van der Waals surface area contributed by atoms with E-state index in [0.29, 0.717) is 18.8 Å². The molecule has 0 spiro atoms. The minimum Gasteiger partial charge on any atom is -0.399 e. The molecule has 0 saturated carbocycles. The van der Waals surface area contributed by atoms with Crippen molar-refractivity contribution in [2.24, 2.45) is 0 Å². The van der Waals surface area contributed by atoms with Gasteiger partial charge in [-0.05, 0) is 30.2 Å². The number of carbonyl (C=O) groups is 1. The van der Waals surface area contributed by atoms with Gasteiger partial charge in [0, 0.05) is 12.2 Å². The van der Waals surface area contributed by atoms with Crippen LogP contribution >= 0.6 is 0 Å². The molecule has 4 heteroatoms. The van der Waals surface area contributed by atoms with Gasteiger partial charge in [0.2, 0.25) is 0 Å². The SMILES string of the molecule is Cc1cc(N)ccc1C1OCCNC1=O. The maximum atomic E-state index is 11.6. The molecule has 1 aliphatic heterocycles. The zero-order chi connectivity index (χ0) is 10.8. The van der Waals surface area contributed by atoms with E-state index in [4.69, 9.17) is 10.5 Å². The summed E-state index contributed by atoms with van der Waals surface area (Å²) in [5.74, 6) is -0.0749. The molecule has 0 radical (unpaired) electrons. The smallest absolute Gasteiger partial charge is 0.253 e. The minimum absolute atomic E-state index is 0.0749. The highest BCUT2D eigenvalue weighted by Crippen LogP contribution is 2.24. The molecule has 0 aromatic heterocycles. The first kappa shape index (κ1) is 9.98. The van der Waals surface area contributed by atoms with Crippen molar-refractivity contribution in [3.05, 3.63) is 29.3 Å². The number of ether oxygens (including phenoxy) is 1. The van der Waals surface area contributed by atoms with Gasteiger partial charge in [-0.15, -0.1) is 0 Å². The molecule has 80 valence electrons. The van der Waals surface area contributed by atoms with Crippen LogP contribution < -0.4 is 11.1 Å². The minimum atomic E-state index is -0.487. The maximum Gasteiger partial charge on any atom is 0.253 e. The maximum absolute atomic E-state index is 11.6. The number of hydrogen-bond acceptors (Lipinski definition) is 3. The Hall–Kier alpha value is -1.55. The van der Waals surface area contributed by atoms with E-state index in [-0.39, 0.29) is 5.91 Å². The molecule has 1 fully saturated rings. The van der Waals surface area contributed by atoms with E-state index in [1.807, 2.05) is 19.1 Å². The van der Waals surface area contributed by atoms with E-state index in [1.165, 1.54) is 0 Å². The summed E-state index contributed by atoms with van der Waals surface area (Å²) in [7, 11) is 0. The highest BCUT2D eigenvalue weighted by molar-refractivity contribution is 5.83. The summed E-state index contributed by atoms with van der Waals surface area (Å²) in [6.45, 7) is 3.07. The highest BCUT2D eigenvalue weighted by Gasteiger charge is 2.25. The summed E-state index contributed by atoms with van der Waals surface area (Å²) in [6.07, 6.45) is -0.487. The molecule has 0 aliphatic carbocycles. The van der Waals surface area contributed by atoms with Gasteiger partial charge in [-0.1, -0.05) is 6.07 Å². The van der Waals surface area contributed by atoms with Gasteiger partial charge in [0.1, 0.15) is 0 Å². The van der Waals surface area contributed by atoms with Crippen LogP contribution in [0.25, 0.3) is 0 Å². The average molecular weight is 206 g/mol. The Morgan fingerprint density at radius 3 is 3.00 bits per heavy atom. The number of anilines is 1. The highest BCUT2D eigenvalue weighted by atomic mass is 16.5. The van der Waals surface area contributed by atoms with Crippen LogP contribution in [0.4, 0.5) is 5.69 Å². The van der Waals surface area contributed by atoms with E-state index in [0.717, 1.165) is 11.1 Å². The van der Waals surface area contributed by atoms with E-state index in [2.05, 4.69) is 5.32 Å². The monoisotopic (exact) mass is 206 g/mol. The molecule has 15 heavy (non-hydrogen) atoms. The second-order valence-electron chi connectivity index (χ2n) is 3.66. The lowest BCUT2D eigenvalue weighted by atomic mass is 10.0. The molecule has 1 heterocycles. The van der Waals surface area contributed by atoms with Crippen LogP contribution in [-0.2, 0) is 9.53 Å². The summed E-state index contributed by atoms with van der Waals surface area (Å²) >= 11 is 0. The van der Waals surface area contributed by atoms with Crippen molar-refractivity contribution >= 4 is 11.6 Å².